The van der Waals surface area contributed by atoms with E-state index in [9.17, 15) is 24.6 Å². The molecule has 5 rings (SSSR count). The number of benzene rings is 3. The SMILES string of the molecule is Cc1cc(C(=O)NC(CO)CO)ccc1-c1ccc(CC(NC(=O)[C@H]2CC[C@H](CN)CC2)C(=O)Nc2ccc(-c3nn[nH]n3)cc2)cc1. The summed E-state index contributed by atoms with van der Waals surface area (Å²) in [6, 6.07) is 18.6. The molecule has 252 valence electrons. The Hall–Kier alpha value is -4.98. The number of aromatic nitrogens is 4. The lowest BCUT2D eigenvalue weighted by Gasteiger charge is -2.28. The van der Waals surface area contributed by atoms with Crippen LogP contribution < -0.4 is 21.7 Å². The number of anilines is 1. The summed E-state index contributed by atoms with van der Waals surface area (Å²) in [5.41, 5.74) is 11.2. The molecule has 3 amide bonds. The van der Waals surface area contributed by atoms with E-state index in [0.29, 0.717) is 29.5 Å². The van der Waals surface area contributed by atoms with E-state index >= 15 is 0 Å². The number of aliphatic hydroxyl groups is 2. The second-order valence-corrected chi connectivity index (χ2v) is 12.3. The van der Waals surface area contributed by atoms with Gasteiger partial charge in [0.05, 0.1) is 19.3 Å². The molecule has 1 aliphatic rings. The fourth-order valence-electron chi connectivity index (χ4n) is 5.98. The van der Waals surface area contributed by atoms with Crippen molar-refractivity contribution >= 4 is 23.4 Å². The molecule has 1 heterocycles. The molecular weight excluding hydrogens is 612 g/mol. The normalized spacial score (nSPS) is 16.7. The lowest BCUT2D eigenvalue weighted by molar-refractivity contribution is -0.130. The largest absolute Gasteiger partial charge is 0.394 e. The van der Waals surface area contributed by atoms with Crippen molar-refractivity contribution in [3.05, 3.63) is 83.4 Å². The first kappa shape index (κ1) is 34.4. The standard InChI is InChI=1S/C35H42N8O5/c1-21-16-27(34(47)38-29(19-44)20-45)12-15-30(21)24-6-2-22(3-7-24)17-31(39-33(46)26-8-4-23(18-36)5-9-26)35(48)37-28-13-10-25(11-14-28)32-40-42-43-41-32/h2-3,6-7,10-16,23,26,29,31,44-45H,4-5,8-9,17-20,36H2,1H3,(H,37,48)(H,38,47)(H,39,46)(H,40,41,42,43)/t23-,26-,31?. The van der Waals surface area contributed by atoms with Gasteiger partial charge in [0.25, 0.3) is 5.91 Å². The molecule has 1 fully saturated rings. The van der Waals surface area contributed by atoms with Gasteiger partial charge in [0.15, 0.2) is 0 Å². The third kappa shape index (κ3) is 8.68. The van der Waals surface area contributed by atoms with Crippen LogP contribution in [0.4, 0.5) is 5.69 Å². The Morgan fingerprint density at radius 1 is 0.917 bits per heavy atom. The predicted molar refractivity (Wildman–Crippen MR) is 180 cm³/mol. The minimum atomic E-state index is -0.811. The second kappa shape index (κ2) is 16.2. The van der Waals surface area contributed by atoms with Crippen LogP contribution in [0.1, 0.15) is 47.2 Å². The van der Waals surface area contributed by atoms with E-state index in [0.717, 1.165) is 53.5 Å². The quantitative estimate of drug-likeness (QED) is 0.113. The number of amides is 3. The molecule has 0 saturated heterocycles. The van der Waals surface area contributed by atoms with Gasteiger partial charge in [-0.2, -0.15) is 5.21 Å². The maximum absolute atomic E-state index is 13.6. The maximum Gasteiger partial charge on any atom is 0.251 e. The van der Waals surface area contributed by atoms with E-state index in [4.69, 9.17) is 5.73 Å². The number of tetrazole rings is 1. The Labute approximate surface area is 278 Å². The van der Waals surface area contributed by atoms with Gasteiger partial charge in [-0.1, -0.05) is 30.3 Å². The van der Waals surface area contributed by atoms with E-state index in [1.807, 2.05) is 37.3 Å². The zero-order valence-corrected chi connectivity index (χ0v) is 26.9. The molecule has 13 nitrogen and oxygen atoms in total. The number of aliphatic hydroxyl groups excluding tert-OH is 2. The number of hydrogen-bond donors (Lipinski definition) is 7. The van der Waals surface area contributed by atoms with Gasteiger partial charge in [-0.15, -0.1) is 10.2 Å². The van der Waals surface area contributed by atoms with E-state index < -0.39 is 12.1 Å². The highest BCUT2D eigenvalue weighted by Crippen LogP contribution is 2.29. The van der Waals surface area contributed by atoms with Crippen LogP contribution in [-0.2, 0) is 16.0 Å². The summed E-state index contributed by atoms with van der Waals surface area (Å²) in [5, 5.41) is 41.1. The van der Waals surface area contributed by atoms with E-state index in [2.05, 4.69) is 36.6 Å². The molecule has 13 heteroatoms. The predicted octanol–water partition coefficient (Wildman–Crippen LogP) is 2.36. The highest BCUT2D eigenvalue weighted by atomic mass is 16.3. The van der Waals surface area contributed by atoms with Crippen LogP contribution in [0.25, 0.3) is 22.5 Å². The summed E-state index contributed by atoms with van der Waals surface area (Å²) < 4.78 is 0. The summed E-state index contributed by atoms with van der Waals surface area (Å²) in [6.07, 6.45) is 3.58. The first-order valence-corrected chi connectivity index (χ1v) is 16.2. The number of rotatable bonds is 13. The van der Waals surface area contributed by atoms with Crippen molar-refractivity contribution in [1.82, 2.24) is 31.3 Å². The molecular formula is C35H42N8O5. The zero-order valence-electron chi connectivity index (χ0n) is 26.9. The first-order valence-electron chi connectivity index (χ1n) is 16.2. The summed E-state index contributed by atoms with van der Waals surface area (Å²) in [5.74, 6) is -0.121. The number of aryl methyl sites for hydroxylation is 1. The molecule has 1 aliphatic carbocycles. The molecule has 8 N–H and O–H groups in total. The van der Waals surface area contributed by atoms with Gasteiger partial charge in [-0.05, 0) is 109 Å². The summed E-state index contributed by atoms with van der Waals surface area (Å²) in [6.45, 7) is 1.81. The van der Waals surface area contributed by atoms with Crippen LogP contribution in [0.5, 0.6) is 0 Å². The van der Waals surface area contributed by atoms with Gasteiger partial charge >= 0.3 is 0 Å². The molecule has 1 unspecified atom stereocenters. The average Bonchev–Trinajstić information content (AvgIpc) is 3.66. The van der Waals surface area contributed by atoms with Gasteiger partial charge in [0, 0.05) is 29.2 Å². The second-order valence-electron chi connectivity index (χ2n) is 12.3. The summed E-state index contributed by atoms with van der Waals surface area (Å²) in [4.78, 5) is 39.6. The molecule has 0 radical (unpaired) electrons. The van der Waals surface area contributed by atoms with E-state index in [-0.39, 0.29) is 43.3 Å². The first-order chi connectivity index (χ1) is 23.3. The molecule has 0 aliphatic heterocycles. The van der Waals surface area contributed by atoms with Crippen LogP contribution >= 0.6 is 0 Å². The number of nitrogens with two attached hydrogens (primary N) is 1. The molecule has 1 atom stereocenters. The Balaban J connectivity index is 1.29. The number of aromatic amines is 1. The number of hydrogen-bond acceptors (Lipinski definition) is 9. The van der Waals surface area contributed by atoms with Gasteiger partial charge in [0.1, 0.15) is 6.04 Å². The molecule has 4 aromatic rings. The fourth-order valence-corrected chi connectivity index (χ4v) is 5.98. The maximum atomic E-state index is 13.6. The van der Waals surface area contributed by atoms with Crippen LogP contribution in [-0.4, -0.2) is 80.4 Å². The van der Waals surface area contributed by atoms with Crippen molar-refractivity contribution in [3.8, 4) is 22.5 Å². The van der Waals surface area contributed by atoms with Crippen molar-refractivity contribution in [2.45, 2.75) is 51.1 Å². The van der Waals surface area contributed by atoms with Crippen LogP contribution in [0.3, 0.4) is 0 Å². The summed E-state index contributed by atoms with van der Waals surface area (Å²) in [7, 11) is 0. The lowest BCUT2D eigenvalue weighted by atomic mass is 9.81. The topological polar surface area (TPSA) is 208 Å². The monoisotopic (exact) mass is 654 g/mol. The highest BCUT2D eigenvalue weighted by molar-refractivity contribution is 5.98. The molecule has 3 aromatic carbocycles. The number of carbonyl (C=O) groups excluding carboxylic acids is 3. The Morgan fingerprint density at radius 2 is 1.60 bits per heavy atom. The molecule has 48 heavy (non-hydrogen) atoms. The van der Waals surface area contributed by atoms with Crippen LogP contribution in [0, 0.1) is 18.8 Å². The average molecular weight is 655 g/mol. The molecule has 0 spiro atoms. The van der Waals surface area contributed by atoms with Gasteiger partial charge < -0.3 is 31.9 Å². The van der Waals surface area contributed by atoms with Crippen molar-refractivity contribution in [2.75, 3.05) is 25.1 Å². The van der Waals surface area contributed by atoms with Gasteiger partial charge in [0.2, 0.25) is 17.6 Å². The lowest BCUT2D eigenvalue weighted by Crippen LogP contribution is -2.48. The van der Waals surface area contributed by atoms with Gasteiger partial charge in [-0.25, -0.2) is 0 Å². The molecule has 1 aromatic heterocycles. The van der Waals surface area contributed by atoms with E-state index in [1.165, 1.54) is 0 Å². The smallest absolute Gasteiger partial charge is 0.251 e. The number of carbonyl (C=O) groups is 3. The number of H-pyrrole nitrogens is 1. The minimum absolute atomic E-state index is 0.126. The minimum Gasteiger partial charge on any atom is -0.394 e. The van der Waals surface area contributed by atoms with Gasteiger partial charge in [-0.3, -0.25) is 14.4 Å². The fraction of sp³-hybridized carbons (Fsp3) is 0.371. The molecule has 0 bridgehead atoms. The Bertz CT molecular complexity index is 1670. The van der Waals surface area contributed by atoms with Crippen LogP contribution in [0.15, 0.2) is 66.7 Å². The van der Waals surface area contributed by atoms with Crippen molar-refractivity contribution in [1.29, 1.82) is 0 Å². The third-order valence-corrected chi connectivity index (χ3v) is 8.91. The van der Waals surface area contributed by atoms with Crippen molar-refractivity contribution in [2.24, 2.45) is 17.6 Å². The zero-order chi connectivity index (χ0) is 34.0. The van der Waals surface area contributed by atoms with Crippen LogP contribution in [0.2, 0.25) is 0 Å². The number of nitrogens with zero attached hydrogens (tertiary/aromatic N) is 3. The third-order valence-electron chi connectivity index (χ3n) is 8.91. The van der Waals surface area contributed by atoms with Crippen molar-refractivity contribution in [3.63, 3.8) is 0 Å². The Kier molecular flexibility index (Phi) is 11.6. The highest BCUT2D eigenvalue weighted by Gasteiger charge is 2.29. The Morgan fingerprint density at radius 3 is 2.21 bits per heavy atom. The number of nitrogens with one attached hydrogen (secondary N) is 4. The summed E-state index contributed by atoms with van der Waals surface area (Å²) >= 11 is 0. The molecule has 1 saturated carbocycles. The van der Waals surface area contributed by atoms with E-state index in [1.54, 1.807) is 36.4 Å². The van der Waals surface area contributed by atoms with Crippen molar-refractivity contribution < 1.29 is 24.6 Å².